The number of aliphatic carboxylic acids is 1. The minimum absolute atomic E-state index is 0.177. The van der Waals surface area contributed by atoms with Crippen molar-refractivity contribution < 1.29 is 19.4 Å². The Balaban J connectivity index is 1.74. The average Bonchev–Trinajstić information content (AvgIpc) is 3.11. The highest BCUT2D eigenvalue weighted by molar-refractivity contribution is 5.97. The second-order valence-electron chi connectivity index (χ2n) is 6.29. The predicted molar refractivity (Wildman–Crippen MR) is 93.6 cm³/mol. The van der Waals surface area contributed by atoms with Gasteiger partial charge in [-0.3, -0.25) is 9.59 Å². The van der Waals surface area contributed by atoms with Gasteiger partial charge in [-0.15, -0.1) is 0 Å². The van der Waals surface area contributed by atoms with Crippen LogP contribution in [-0.4, -0.2) is 35.0 Å². The zero-order valence-electron chi connectivity index (χ0n) is 14.1. The van der Waals surface area contributed by atoms with Crippen LogP contribution in [0.2, 0.25) is 0 Å². The second-order valence-corrected chi connectivity index (χ2v) is 6.29. The van der Waals surface area contributed by atoms with E-state index in [0.29, 0.717) is 30.9 Å². The van der Waals surface area contributed by atoms with E-state index in [4.69, 9.17) is 9.84 Å². The molecule has 0 aromatic heterocycles. The summed E-state index contributed by atoms with van der Waals surface area (Å²) in [6, 6.07) is 15.1. The van der Waals surface area contributed by atoms with Crippen LogP contribution in [0.15, 0.2) is 48.5 Å². The highest BCUT2D eigenvalue weighted by Gasteiger charge is 2.32. The van der Waals surface area contributed by atoms with Gasteiger partial charge in [-0.05, 0) is 36.6 Å². The van der Waals surface area contributed by atoms with Crippen molar-refractivity contribution in [2.75, 3.05) is 13.1 Å². The molecule has 1 unspecified atom stereocenters. The van der Waals surface area contributed by atoms with Crippen LogP contribution in [-0.2, 0) is 11.4 Å². The van der Waals surface area contributed by atoms with Crippen molar-refractivity contribution in [3.63, 3.8) is 0 Å². The van der Waals surface area contributed by atoms with Gasteiger partial charge >= 0.3 is 5.97 Å². The van der Waals surface area contributed by atoms with Crippen molar-refractivity contribution in [3.8, 4) is 5.75 Å². The van der Waals surface area contributed by atoms with Crippen molar-refractivity contribution in [3.05, 3.63) is 65.2 Å². The van der Waals surface area contributed by atoms with Crippen molar-refractivity contribution in [1.29, 1.82) is 0 Å². The largest absolute Gasteiger partial charge is 0.488 e. The highest BCUT2D eigenvalue weighted by Crippen LogP contribution is 2.25. The standard InChI is InChI=1S/C20H21NO4/c1-14-6-2-3-7-16(14)13-25-18-9-5-4-8-17(18)19(22)21-11-10-15(12-21)20(23)24/h2-9,15H,10-13H2,1H3,(H,23,24). The number of carboxylic acid groups (broad SMARTS) is 1. The summed E-state index contributed by atoms with van der Waals surface area (Å²) < 4.78 is 5.90. The Morgan fingerprint density at radius 1 is 1.16 bits per heavy atom. The number of carbonyl (C=O) groups is 2. The zero-order valence-corrected chi connectivity index (χ0v) is 14.1. The molecule has 25 heavy (non-hydrogen) atoms. The van der Waals surface area contributed by atoms with E-state index in [0.717, 1.165) is 11.1 Å². The highest BCUT2D eigenvalue weighted by atomic mass is 16.5. The van der Waals surface area contributed by atoms with Crippen molar-refractivity contribution in [2.45, 2.75) is 20.0 Å². The quantitative estimate of drug-likeness (QED) is 0.909. The Hall–Kier alpha value is -2.82. The van der Waals surface area contributed by atoms with E-state index in [1.165, 1.54) is 0 Å². The van der Waals surface area contributed by atoms with Gasteiger partial charge in [0, 0.05) is 13.1 Å². The summed E-state index contributed by atoms with van der Waals surface area (Å²) in [6.45, 7) is 3.11. The minimum Gasteiger partial charge on any atom is -0.488 e. The summed E-state index contributed by atoms with van der Waals surface area (Å²) in [6.07, 6.45) is 0.493. The normalized spacial score (nSPS) is 16.7. The molecule has 2 aromatic carbocycles. The van der Waals surface area contributed by atoms with Crippen molar-refractivity contribution >= 4 is 11.9 Å². The van der Waals surface area contributed by atoms with Crippen LogP contribution in [0.5, 0.6) is 5.75 Å². The molecule has 0 aliphatic carbocycles. The van der Waals surface area contributed by atoms with Crippen LogP contribution < -0.4 is 4.74 Å². The Labute approximate surface area is 146 Å². The molecular formula is C20H21NO4. The number of rotatable bonds is 5. The number of hydrogen-bond donors (Lipinski definition) is 1. The lowest BCUT2D eigenvalue weighted by atomic mass is 10.1. The molecule has 1 heterocycles. The predicted octanol–water partition coefficient (Wildman–Crippen LogP) is 3.12. The number of hydrogen-bond acceptors (Lipinski definition) is 3. The smallest absolute Gasteiger partial charge is 0.308 e. The van der Waals surface area contributed by atoms with Crippen LogP contribution >= 0.6 is 0 Å². The monoisotopic (exact) mass is 339 g/mol. The van der Waals surface area contributed by atoms with E-state index in [-0.39, 0.29) is 12.5 Å². The van der Waals surface area contributed by atoms with Gasteiger partial charge in [0.1, 0.15) is 12.4 Å². The average molecular weight is 339 g/mol. The molecule has 3 rings (SSSR count). The van der Waals surface area contributed by atoms with Crippen LogP contribution in [0.1, 0.15) is 27.9 Å². The molecule has 1 amide bonds. The molecule has 5 nitrogen and oxygen atoms in total. The first kappa shape index (κ1) is 17.0. The molecule has 1 N–H and O–H groups in total. The van der Waals surface area contributed by atoms with Crippen LogP contribution in [0.25, 0.3) is 0 Å². The Bertz CT molecular complexity index is 787. The molecule has 1 saturated heterocycles. The maximum atomic E-state index is 12.8. The van der Waals surface area contributed by atoms with E-state index < -0.39 is 11.9 Å². The number of carbonyl (C=O) groups excluding carboxylic acids is 1. The summed E-state index contributed by atoms with van der Waals surface area (Å²) in [5, 5.41) is 9.11. The molecule has 1 atom stereocenters. The number of carboxylic acids is 1. The second kappa shape index (κ2) is 7.38. The molecule has 130 valence electrons. The Kier molecular flexibility index (Phi) is 5.03. The van der Waals surface area contributed by atoms with Gasteiger partial charge in [-0.25, -0.2) is 0 Å². The molecule has 1 aliphatic heterocycles. The van der Waals surface area contributed by atoms with Gasteiger partial charge < -0.3 is 14.7 Å². The number of para-hydroxylation sites is 1. The summed E-state index contributed by atoms with van der Waals surface area (Å²) in [4.78, 5) is 25.5. The molecule has 2 aromatic rings. The van der Waals surface area contributed by atoms with Gasteiger partial charge in [-0.2, -0.15) is 0 Å². The molecule has 0 spiro atoms. The van der Waals surface area contributed by atoms with Gasteiger partial charge in [0.2, 0.25) is 0 Å². The van der Waals surface area contributed by atoms with Gasteiger partial charge in [0.15, 0.2) is 0 Å². The molecule has 0 saturated carbocycles. The number of nitrogens with zero attached hydrogens (tertiary/aromatic N) is 1. The van der Waals surface area contributed by atoms with E-state index in [1.807, 2.05) is 37.3 Å². The first-order valence-electron chi connectivity index (χ1n) is 8.34. The molecule has 0 bridgehead atoms. The fourth-order valence-electron chi connectivity index (χ4n) is 3.01. The first-order chi connectivity index (χ1) is 12.1. The summed E-state index contributed by atoms with van der Waals surface area (Å²) in [5.74, 6) is -0.984. The van der Waals surface area contributed by atoms with Gasteiger partial charge in [0.25, 0.3) is 5.91 Å². The maximum Gasteiger partial charge on any atom is 0.308 e. The lowest BCUT2D eigenvalue weighted by Crippen LogP contribution is -2.30. The molecule has 0 radical (unpaired) electrons. The third-order valence-corrected chi connectivity index (χ3v) is 4.59. The summed E-state index contributed by atoms with van der Waals surface area (Å²) in [7, 11) is 0. The van der Waals surface area contributed by atoms with E-state index in [1.54, 1.807) is 23.1 Å². The van der Waals surface area contributed by atoms with Crippen molar-refractivity contribution in [2.24, 2.45) is 5.92 Å². The number of likely N-dealkylation sites (tertiary alicyclic amines) is 1. The van der Waals surface area contributed by atoms with E-state index in [2.05, 4.69) is 0 Å². The SMILES string of the molecule is Cc1ccccc1COc1ccccc1C(=O)N1CCC(C(=O)O)C1. The number of ether oxygens (including phenoxy) is 1. The zero-order chi connectivity index (χ0) is 17.8. The topological polar surface area (TPSA) is 66.8 Å². The Morgan fingerprint density at radius 3 is 2.60 bits per heavy atom. The third-order valence-electron chi connectivity index (χ3n) is 4.59. The summed E-state index contributed by atoms with van der Waals surface area (Å²) >= 11 is 0. The summed E-state index contributed by atoms with van der Waals surface area (Å²) in [5.41, 5.74) is 2.68. The van der Waals surface area contributed by atoms with Crippen LogP contribution in [0.3, 0.4) is 0 Å². The fraction of sp³-hybridized carbons (Fsp3) is 0.300. The lowest BCUT2D eigenvalue weighted by Gasteiger charge is -2.18. The van der Waals surface area contributed by atoms with Crippen LogP contribution in [0, 0.1) is 12.8 Å². The van der Waals surface area contributed by atoms with Crippen LogP contribution in [0.4, 0.5) is 0 Å². The van der Waals surface area contributed by atoms with E-state index >= 15 is 0 Å². The fourth-order valence-corrected chi connectivity index (χ4v) is 3.01. The van der Waals surface area contributed by atoms with Crippen molar-refractivity contribution in [1.82, 2.24) is 4.90 Å². The van der Waals surface area contributed by atoms with Gasteiger partial charge in [-0.1, -0.05) is 36.4 Å². The number of benzene rings is 2. The van der Waals surface area contributed by atoms with Gasteiger partial charge in [0.05, 0.1) is 11.5 Å². The maximum absolute atomic E-state index is 12.8. The first-order valence-corrected chi connectivity index (χ1v) is 8.34. The number of aryl methyl sites for hydroxylation is 1. The molecular weight excluding hydrogens is 318 g/mol. The molecule has 5 heteroatoms. The Morgan fingerprint density at radius 2 is 1.88 bits per heavy atom. The number of amides is 1. The molecule has 1 fully saturated rings. The molecule has 1 aliphatic rings. The van der Waals surface area contributed by atoms with E-state index in [9.17, 15) is 9.59 Å². The third kappa shape index (κ3) is 3.82. The minimum atomic E-state index is -0.848. The lowest BCUT2D eigenvalue weighted by molar-refractivity contribution is -0.141.